The molecule has 0 fully saturated rings. The highest BCUT2D eigenvalue weighted by Gasteiger charge is 2.14. The molecule has 1 aromatic heterocycles. The first-order valence-electron chi connectivity index (χ1n) is 6.07. The highest BCUT2D eigenvalue weighted by Crippen LogP contribution is 2.26. The van der Waals surface area contributed by atoms with E-state index in [0.717, 1.165) is 0 Å². The summed E-state index contributed by atoms with van der Waals surface area (Å²) in [5.41, 5.74) is 1.77. The summed E-state index contributed by atoms with van der Waals surface area (Å²) in [6.07, 6.45) is 0. The zero-order chi connectivity index (χ0) is 15.0. The molecular formula is C14H9BrN2O4. The first-order valence-corrected chi connectivity index (χ1v) is 6.87. The lowest BCUT2D eigenvalue weighted by Gasteiger charge is -2.03. The lowest BCUT2D eigenvalue weighted by molar-refractivity contribution is -0.385. The number of nitro benzene ring substituents is 1. The standard InChI is InChI=1S/C14H9BrN2O4/c15-10-6-5-9(7-12(10)17(19)20)8-16-11-3-1-2-4-13(11)21-14(16)18/h1-7H,8H2. The van der Waals surface area contributed by atoms with Gasteiger partial charge in [-0.15, -0.1) is 0 Å². The number of hydrogen-bond acceptors (Lipinski definition) is 4. The van der Waals surface area contributed by atoms with Crippen molar-refractivity contribution in [2.75, 3.05) is 0 Å². The molecule has 2 aromatic carbocycles. The Balaban J connectivity index is 2.07. The zero-order valence-electron chi connectivity index (χ0n) is 10.7. The molecule has 0 N–H and O–H groups in total. The van der Waals surface area contributed by atoms with Gasteiger partial charge in [-0.25, -0.2) is 4.79 Å². The first kappa shape index (κ1) is 13.6. The third kappa shape index (κ3) is 2.47. The average Bonchev–Trinajstić information content (AvgIpc) is 2.77. The summed E-state index contributed by atoms with van der Waals surface area (Å²) < 4.78 is 6.99. The van der Waals surface area contributed by atoms with Crippen LogP contribution in [-0.4, -0.2) is 9.49 Å². The average molecular weight is 349 g/mol. The lowest BCUT2D eigenvalue weighted by Crippen LogP contribution is -2.14. The minimum Gasteiger partial charge on any atom is -0.408 e. The fraction of sp³-hybridized carbons (Fsp3) is 0.0714. The third-order valence-electron chi connectivity index (χ3n) is 3.12. The van der Waals surface area contributed by atoms with Crippen LogP contribution >= 0.6 is 15.9 Å². The summed E-state index contributed by atoms with van der Waals surface area (Å²) >= 11 is 3.13. The largest absolute Gasteiger partial charge is 0.420 e. The summed E-state index contributed by atoms with van der Waals surface area (Å²) in [5, 5.41) is 10.9. The van der Waals surface area contributed by atoms with Crippen LogP contribution in [0, 0.1) is 10.1 Å². The van der Waals surface area contributed by atoms with Gasteiger partial charge in [-0.3, -0.25) is 14.7 Å². The Morgan fingerprint density at radius 1 is 1.24 bits per heavy atom. The molecule has 7 heteroatoms. The normalized spacial score (nSPS) is 10.9. The molecule has 0 aliphatic rings. The molecule has 0 saturated heterocycles. The maximum atomic E-state index is 11.9. The van der Waals surface area contributed by atoms with Crippen LogP contribution < -0.4 is 5.76 Å². The van der Waals surface area contributed by atoms with Crippen LogP contribution in [0.3, 0.4) is 0 Å². The number of hydrogen-bond donors (Lipinski definition) is 0. The van der Waals surface area contributed by atoms with Crippen LogP contribution in [0.15, 0.2) is 56.1 Å². The van der Waals surface area contributed by atoms with E-state index in [1.54, 1.807) is 36.4 Å². The number of aromatic nitrogens is 1. The van der Waals surface area contributed by atoms with Gasteiger partial charge in [0.2, 0.25) is 0 Å². The number of rotatable bonds is 3. The van der Waals surface area contributed by atoms with Crippen molar-refractivity contribution in [2.45, 2.75) is 6.54 Å². The van der Waals surface area contributed by atoms with Gasteiger partial charge in [0.15, 0.2) is 5.58 Å². The fourth-order valence-corrected chi connectivity index (χ4v) is 2.53. The minimum atomic E-state index is -0.484. The number of benzene rings is 2. The third-order valence-corrected chi connectivity index (χ3v) is 3.79. The number of oxazole rings is 1. The van der Waals surface area contributed by atoms with E-state index >= 15 is 0 Å². The summed E-state index contributed by atoms with van der Waals surface area (Å²) in [5.74, 6) is -0.484. The summed E-state index contributed by atoms with van der Waals surface area (Å²) in [6, 6.07) is 11.8. The van der Waals surface area contributed by atoms with Crippen molar-refractivity contribution in [1.29, 1.82) is 0 Å². The van der Waals surface area contributed by atoms with Gasteiger partial charge >= 0.3 is 5.76 Å². The van der Waals surface area contributed by atoms with Gasteiger partial charge in [-0.1, -0.05) is 18.2 Å². The number of para-hydroxylation sites is 2. The quantitative estimate of drug-likeness (QED) is 0.537. The Morgan fingerprint density at radius 3 is 2.76 bits per heavy atom. The molecule has 0 bridgehead atoms. The highest BCUT2D eigenvalue weighted by molar-refractivity contribution is 9.10. The van der Waals surface area contributed by atoms with Crippen molar-refractivity contribution >= 4 is 32.7 Å². The number of nitrogens with zero attached hydrogens (tertiary/aromatic N) is 2. The highest BCUT2D eigenvalue weighted by atomic mass is 79.9. The summed E-state index contributed by atoms with van der Waals surface area (Å²) in [6.45, 7) is 0.212. The second-order valence-corrected chi connectivity index (χ2v) is 5.32. The molecule has 3 aromatic rings. The van der Waals surface area contributed by atoms with E-state index in [0.29, 0.717) is 21.1 Å². The maximum Gasteiger partial charge on any atom is 0.420 e. The van der Waals surface area contributed by atoms with Gasteiger partial charge in [-0.2, -0.15) is 0 Å². The monoisotopic (exact) mass is 348 g/mol. The molecule has 0 unspecified atom stereocenters. The molecule has 0 radical (unpaired) electrons. The van der Waals surface area contributed by atoms with Gasteiger partial charge in [-0.05, 0) is 39.7 Å². The molecule has 3 rings (SSSR count). The van der Waals surface area contributed by atoms with Crippen molar-refractivity contribution in [1.82, 2.24) is 4.57 Å². The van der Waals surface area contributed by atoms with Crippen LogP contribution in [0.25, 0.3) is 11.1 Å². The van der Waals surface area contributed by atoms with Crippen molar-refractivity contribution in [3.8, 4) is 0 Å². The summed E-state index contributed by atoms with van der Waals surface area (Å²) in [4.78, 5) is 22.4. The van der Waals surface area contributed by atoms with E-state index in [1.165, 1.54) is 10.6 Å². The molecule has 0 spiro atoms. The van der Waals surface area contributed by atoms with Gasteiger partial charge < -0.3 is 4.42 Å². The van der Waals surface area contributed by atoms with Crippen LogP contribution in [0.5, 0.6) is 0 Å². The van der Waals surface area contributed by atoms with E-state index in [-0.39, 0.29) is 12.2 Å². The van der Waals surface area contributed by atoms with E-state index in [2.05, 4.69) is 15.9 Å². The second kappa shape index (κ2) is 5.17. The van der Waals surface area contributed by atoms with E-state index in [9.17, 15) is 14.9 Å². The Hall–Kier alpha value is -2.41. The van der Waals surface area contributed by atoms with Gasteiger partial charge in [0, 0.05) is 6.07 Å². The van der Waals surface area contributed by atoms with Crippen molar-refractivity contribution in [2.24, 2.45) is 0 Å². The number of halogens is 1. The predicted octanol–water partition coefficient (Wildman–Crippen LogP) is 3.31. The molecule has 0 aliphatic carbocycles. The predicted molar refractivity (Wildman–Crippen MR) is 80.4 cm³/mol. The van der Waals surface area contributed by atoms with Crippen LogP contribution in [0.2, 0.25) is 0 Å². The lowest BCUT2D eigenvalue weighted by atomic mass is 10.2. The van der Waals surface area contributed by atoms with Crippen molar-refractivity contribution in [3.63, 3.8) is 0 Å². The maximum absolute atomic E-state index is 11.9. The minimum absolute atomic E-state index is 0.0339. The first-order chi connectivity index (χ1) is 10.1. The van der Waals surface area contributed by atoms with E-state index in [1.807, 2.05) is 0 Å². The Kier molecular flexibility index (Phi) is 3.34. The van der Waals surface area contributed by atoms with Crippen molar-refractivity contribution < 1.29 is 9.34 Å². The van der Waals surface area contributed by atoms with E-state index in [4.69, 9.17) is 4.42 Å². The van der Waals surface area contributed by atoms with E-state index < -0.39 is 10.7 Å². The molecule has 0 aliphatic heterocycles. The molecule has 106 valence electrons. The topological polar surface area (TPSA) is 78.3 Å². The van der Waals surface area contributed by atoms with Crippen LogP contribution in [0.1, 0.15) is 5.56 Å². The van der Waals surface area contributed by atoms with Gasteiger partial charge in [0.05, 0.1) is 21.5 Å². The van der Waals surface area contributed by atoms with Crippen molar-refractivity contribution in [3.05, 3.63) is 73.2 Å². The zero-order valence-corrected chi connectivity index (χ0v) is 12.2. The molecule has 0 saturated carbocycles. The molecule has 0 amide bonds. The fourth-order valence-electron chi connectivity index (χ4n) is 2.14. The van der Waals surface area contributed by atoms with Gasteiger partial charge in [0.25, 0.3) is 5.69 Å². The molecule has 6 nitrogen and oxygen atoms in total. The molecule has 1 heterocycles. The Morgan fingerprint density at radius 2 is 2.00 bits per heavy atom. The molecule has 0 atom stereocenters. The van der Waals surface area contributed by atoms with Crippen LogP contribution in [0.4, 0.5) is 5.69 Å². The van der Waals surface area contributed by atoms with Crippen LogP contribution in [-0.2, 0) is 6.54 Å². The second-order valence-electron chi connectivity index (χ2n) is 4.46. The molecule has 21 heavy (non-hydrogen) atoms. The number of fused-ring (bicyclic) bond motifs is 1. The number of nitro groups is 1. The summed E-state index contributed by atoms with van der Waals surface area (Å²) in [7, 11) is 0. The van der Waals surface area contributed by atoms with Gasteiger partial charge in [0.1, 0.15) is 0 Å². The Labute approximate surface area is 126 Å². The SMILES string of the molecule is O=c1oc2ccccc2n1Cc1ccc(Br)c([N+](=O)[O-])c1. The Bertz CT molecular complexity index is 897. The smallest absolute Gasteiger partial charge is 0.408 e. The molecular weight excluding hydrogens is 340 g/mol.